The van der Waals surface area contributed by atoms with Crippen molar-refractivity contribution in [3.63, 3.8) is 0 Å². The summed E-state index contributed by atoms with van der Waals surface area (Å²) >= 11 is 0. The van der Waals surface area contributed by atoms with Crippen molar-refractivity contribution in [2.24, 2.45) is 29.6 Å². The zero-order valence-electron chi connectivity index (χ0n) is 15.3. The lowest BCUT2D eigenvalue weighted by Gasteiger charge is -2.42. The molecular weight excluding hydrogens is 306 g/mol. The average molecular weight is 343 g/mol. The minimum absolute atomic E-state index is 0.152. The van der Waals surface area contributed by atoms with E-state index < -0.39 is 18.4 Å². The zero-order valence-corrected chi connectivity index (χ0v) is 15.3. The van der Waals surface area contributed by atoms with Gasteiger partial charge in [0.2, 0.25) is 0 Å². The lowest BCUT2D eigenvalue weighted by molar-refractivity contribution is -0.0504. The molecule has 0 aliphatic heterocycles. The Morgan fingerprint density at radius 1 is 0.708 bits per heavy atom. The van der Waals surface area contributed by atoms with Gasteiger partial charge in [0.15, 0.2) is 0 Å². The number of aliphatic hydroxyl groups is 1. The smallest absolute Gasteiger partial charge is 0.129 e. The fourth-order valence-electron chi connectivity index (χ4n) is 6.01. The Morgan fingerprint density at radius 3 is 1.58 bits per heavy atom. The first-order valence-electron chi connectivity index (χ1n) is 10.5. The molecular formula is C21H36F2O. The van der Waals surface area contributed by atoms with Gasteiger partial charge in [-0.25, -0.2) is 8.78 Å². The van der Waals surface area contributed by atoms with Crippen LogP contribution < -0.4 is 0 Å². The normalized spacial score (nSPS) is 47.5. The molecule has 3 rings (SSSR count). The van der Waals surface area contributed by atoms with Crippen LogP contribution in [0.25, 0.3) is 0 Å². The minimum Gasteiger partial charge on any atom is -0.387 e. The molecule has 3 heteroatoms. The van der Waals surface area contributed by atoms with Crippen LogP contribution in [0.1, 0.15) is 84.0 Å². The third kappa shape index (κ3) is 4.31. The van der Waals surface area contributed by atoms with E-state index in [0.717, 1.165) is 30.6 Å². The molecule has 0 aromatic rings. The molecule has 0 aromatic carbocycles. The summed E-state index contributed by atoms with van der Waals surface area (Å²) in [6.07, 6.45) is 9.89. The van der Waals surface area contributed by atoms with Crippen LogP contribution in [-0.2, 0) is 0 Å². The molecule has 1 N–H and O–H groups in total. The molecule has 140 valence electrons. The summed E-state index contributed by atoms with van der Waals surface area (Å²) in [6.45, 7) is 2.29. The van der Waals surface area contributed by atoms with Gasteiger partial charge in [0.1, 0.15) is 18.4 Å². The third-order valence-electron chi connectivity index (χ3n) is 7.54. The molecule has 0 radical (unpaired) electrons. The number of hydrogen-bond donors (Lipinski definition) is 1. The Kier molecular flexibility index (Phi) is 6.56. The average Bonchev–Trinajstić information content (AvgIpc) is 2.60. The largest absolute Gasteiger partial charge is 0.387 e. The van der Waals surface area contributed by atoms with Crippen molar-refractivity contribution in [3.05, 3.63) is 0 Å². The Hall–Kier alpha value is -0.180. The maximum Gasteiger partial charge on any atom is 0.129 e. The van der Waals surface area contributed by atoms with Crippen LogP contribution in [0.4, 0.5) is 8.78 Å². The molecule has 24 heavy (non-hydrogen) atoms. The Labute approximate surface area is 146 Å². The SMILES string of the molecule is CCCC1CCC([C@H]2CC[C@@H](C3CC(F)C(O)C(F)C3)CC2)CC1. The van der Waals surface area contributed by atoms with Gasteiger partial charge in [-0.05, 0) is 81.0 Å². The van der Waals surface area contributed by atoms with Crippen LogP contribution in [0.2, 0.25) is 0 Å². The second-order valence-corrected chi connectivity index (χ2v) is 9.00. The summed E-state index contributed by atoms with van der Waals surface area (Å²) in [5.41, 5.74) is 0. The number of aliphatic hydroxyl groups excluding tert-OH is 1. The number of alkyl halides is 2. The van der Waals surface area contributed by atoms with Gasteiger partial charge in [0.25, 0.3) is 0 Å². The van der Waals surface area contributed by atoms with E-state index in [1.807, 2.05) is 0 Å². The molecule has 0 aromatic heterocycles. The maximum absolute atomic E-state index is 13.8. The van der Waals surface area contributed by atoms with Gasteiger partial charge in [-0.3, -0.25) is 0 Å². The highest BCUT2D eigenvalue weighted by molar-refractivity contribution is 4.91. The lowest BCUT2D eigenvalue weighted by atomic mass is 9.65. The summed E-state index contributed by atoms with van der Waals surface area (Å²) in [4.78, 5) is 0. The summed E-state index contributed by atoms with van der Waals surface area (Å²) < 4.78 is 27.6. The highest BCUT2D eigenvalue weighted by Crippen LogP contribution is 2.46. The minimum atomic E-state index is -1.38. The second-order valence-electron chi connectivity index (χ2n) is 9.00. The number of halogens is 2. The Bertz CT molecular complexity index is 360. The topological polar surface area (TPSA) is 20.2 Å². The van der Waals surface area contributed by atoms with Gasteiger partial charge in [-0.15, -0.1) is 0 Å². The van der Waals surface area contributed by atoms with Gasteiger partial charge in [-0.1, -0.05) is 32.6 Å². The van der Waals surface area contributed by atoms with Crippen LogP contribution in [0.3, 0.4) is 0 Å². The molecule has 0 saturated heterocycles. The molecule has 0 bridgehead atoms. The van der Waals surface area contributed by atoms with E-state index in [0.29, 0.717) is 18.8 Å². The Balaban J connectivity index is 1.43. The number of hydrogen-bond acceptors (Lipinski definition) is 1. The van der Waals surface area contributed by atoms with E-state index in [2.05, 4.69) is 6.92 Å². The van der Waals surface area contributed by atoms with Crippen molar-refractivity contribution in [3.8, 4) is 0 Å². The summed E-state index contributed by atoms with van der Waals surface area (Å²) in [7, 11) is 0. The first-order valence-corrected chi connectivity index (χ1v) is 10.5. The molecule has 0 amide bonds. The molecule has 3 aliphatic rings. The highest BCUT2D eigenvalue weighted by atomic mass is 19.1. The van der Waals surface area contributed by atoms with Crippen molar-refractivity contribution < 1.29 is 13.9 Å². The molecule has 3 aliphatic carbocycles. The van der Waals surface area contributed by atoms with Crippen LogP contribution in [0.15, 0.2) is 0 Å². The highest BCUT2D eigenvalue weighted by Gasteiger charge is 2.41. The maximum atomic E-state index is 13.8. The monoisotopic (exact) mass is 342 g/mol. The summed E-state index contributed by atoms with van der Waals surface area (Å²) in [6, 6.07) is 0. The summed E-state index contributed by atoms with van der Waals surface area (Å²) in [5.74, 6) is 3.39. The second kappa shape index (κ2) is 8.47. The van der Waals surface area contributed by atoms with Gasteiger partial charge in [0, 0.05) is 0 Å². The van der Waals surface area contributed by atoms with Crippen molar-refractivity contribution in [1.29, 1.82) is 0 Å². The first-order chi connectivity index (χ1) is 11.6. The number of rotatable bonds is 4. The van der Waals surface area contributed by atoms with Gasteiger partial charge in [-0.2, -0.15) is 0 Å². The fraction of sp³-hybridized carbons (Fsp3) is 1.00. The van der Waals surface area contributed by atoms with Crippen LogP contribution in [-0.4, -0.2) is 23.6 Å². The molecule has 2 unspecified atom stereocenters. The fourth-order valence-corrected chi connectivity index (χ4v) is 6.01. The van der Waals surface area contributed by atoms with Gasteiger partial charge < -0.3 is 5.11 Å². The third-order valence-corrected chi connectivity index (χ3v) is 7.54. The first kappa shape index (κ1) is 18.6. The van der Waals surface area contributed by atoms with Crippen LogP contribution in [0.5, 0.6) is 0 Å². The predicted molar refractivity (Wildman–Crippen MR) is 94.3 cm³/mol. The van der Waals surface area contributed by atoms with E-state index in [1.54, 1.807) is 0 Å². The molecule has 3 saturated carbocycles. The molecule has 1 nitrogen and oxygen atoms in total. The van der Waals surface area contributed by atoms with Crippen LogP contribution in [0, 0.1) is 29.6 Å². The Morgan fingerprint density at radius 2 is 1.12 bits per heavy atom. The van der Waals surface area contributed by atoms with Crippen molar-refractivity contribution in [2.45, 2.75) is 102 Å². The van der Waals surface area contributed by atoms with E-state index in [4.69, 9.17) is 0 Å². The zero-order chi connectivity index (χ0) is 17.1. The van der Waals surface area contributed by atoms with Crippen molar-refractivity contribution in [1.82, 2.24) is 0 Å². The van der Waals surface area contributed by atoms with Gasteiger partial charge >= 0.3 is 0 Å². The van der Waals surface area contributed by atoms with Crippen molar-refractivity contribution in [2.75, 3.05) is 0 Å². The standard InChI is InChI=1S/C21H36F2O/c1-2-3-14-4-6-15(7-5-14)16-8-10-17(11-9-16)18-12-19(22)21(24)20(23)13-18/h14-21,24H,2-13H2,1H3/t14?,15?,16-,17+,18?,19?,20?,21?. The molecule has 2 atom stereocenters. The molecule has 0 heterocycles. The molecule has 3 fully saturated rings. The predicted octanol–water partition coefficient (Wildman–Crippen LogP) is 5.85. The van der Waals surface area contributed by atoms with Gasteiger partial charge in [0.05, 0.1) is 0 Å². The van der Waals surface area contributed by atoms with E-state index in [9.17, 15) is 13.9 Å². The van der Waals surface area contributed by atoms with Crippen LogP contribution >= 0.6 is 0 Å². The van der Waals surface area contributed by atoms with E-state index >= 15 is 0 Å². The van der Waals surface area contributed by atoms with E-state index in [-0.39, 0.29) is 5.92 Å². The van der Waals surface area contributed by atoms with E-state index in [1.165, 1.54) is 51.4 Å². The lowest BCUT2D eigenvalue weighted by Crippen LogP contribution is -2.42. The summed E-state index contributed by atoms with van der Waals surface area (Å²) in [5, 5.41) is 9.48. The molecule has 0 spiro atoms. The van der Waals surface area contributed by atoms with Crippen molar-refractivity contribution >= 4 is 0 Å². The quantitative estimate of drug-likeness (QED) is 0.680.